The summed E-state index contributed by atoms with van der Waals surface area (Å²) in [4.78, 5) is 15.0. The predicted molar refractivity (Wildman–Crippen MR) is 80.2 cm³/mol. The third-order valence-electron chi connectivity index (χ3n) is 3.59. The van der Waals surface area contributed by atoms with Gasteiger partial charge >= 0.3 is 0 Å². The van der Waals surface area contributed by atoms with Crippen LogP contribution >= 0.6 is 27.3 Å². The summed E-state index contributed by atoms with van der Waals surface area (Å²) in [6.45, 7) is 2.25. The minimum absolute atomic E-state index is 0.456. The van der Waals surface area contributed by atoms with E-state index in [1.807, 2.05) is 11.3 Å². The van der Waals surface area contributed by atoms with Gasteiger partial charge in [-0.1, -0.05) is 0 Å². The van der Waals surface area contributed by atoms with Crippen LogP contribution in [0.5, 0.6) is 0 Å². The second-order valence-corrected chi connectivity index (χ2v) is 7.14. The van der Waals surface area contributed by atoms with Crippen molar-refractivity contribution in [3.05, 3.63) is 20.8 Å². The molecule has 0 aromatic carbocycles. The van der Waals surface area contributed by atoms with Gasteiger partial charge in [0, 0.05) is 40.7 Å². The van der Waals surface area contributed by atoms with Crippen molar-refractivity contribution in [1.82, 2.24) is 4.90 Å². The summed E-state index contributed by atoms with van der Waals surface area (Å²) >= 11 is 5.31. The van der Waals surface area contributed by atoms with Crippen molar-refractivity contribution in [3.8, 4) is 0 Å². The molecule has 4 heteroatoms. The molecule has 1 saturated carbocycles. The van der Waals surface area contributed by atoms with E-state index < -0.39 is 0 Å². The summed E-state index contributed by atoms with van der Waals surface area (Å²) in [5, 5.41) is 2.14. The van der Waals surface area contributed by atoms with Crippen LogP contribution < -0.4 is 0 Å². The Hall–Kier alpha value is -0.190. The third-order valence-corrected chi connectivity index (χ3v) is 5.35. The standard InChI is InChI=1S/C14H20BrNOS/c1-16(7-6-14-8-12(15)10-18-14)9-11-2-4-13(17)5-3-11/h8,10-11H,2-7,9H2,1H3. The number of rotatable bonds is 5. The molecule has 1 aliphatic rings. The highest BCUT2D eigenvalue weighted by molar-refractivity contribution is 9.10. The van der Waals surface area contributed by atoms with Crippen molar-refractivity contribution in [3.63, 3.8) is 0 Å². The molecule has 1 aromatic heterocycles. The monoisotopic (exact) mass is 329 g/mol. The van der Waals surface area contributed by atoms with Crippen LogP contribution in [0.15, 0.2) is 15.9 Å². The average molecular weight is 330 g/mol. The van der Waals surface area contributed by atoms with Gasteiger partial charge in [0.1, 0.15) is 5.78 Å². The number of carbonyl (C=O) groups is 1. The fourth-order valence-electron chi connectivity index (χ4n) is 2.50. The highest BCUT2D eigenvalue weighted by Crippen LogP contribution is 2.23. The molecule has 0 unspecified atom stereocenters. The Morgan fingerprint density at radius 1 is 1.44 bits per heavy atom. The first-order valence-electron chi connectivity index (χ1n) is 6.56. The Labute approximate surface area is 122 Å². The lowest BCUT2D eigenvalue weighted by atomic mass is 9.88. The number of ketones is 1. The van der Waals surface area contributed by atoms with Crippen LogP contribution in [-0.2, 0) is 11.2 Å². The molecular weight excluding hydrogens is 310 g/mol. The van der Waals surface area contributed by atoms with E-state index in [0.717, 1.165) is 51.1 Å². The molecule has 1 heterocycles. The van der Waals surface area contributed by atoms with Gasteiger partial charge in [-0.15, -0.1) is 11.3 Å². The van der Waals surface area contributed by atoms with Gasteiger partial charge in [0.15, 0.2) is 0 Å². The number of Topliss-reactive ketones (excluding diaryl/α,β-unsaturated/α-hetero) is 1. The molecule has 18 heavy (non-hydrogen) atoms. The minimum Gasteiger partial charge on any atom is -0.306 e. The summed E-state index contributed by atoms with van der Waals surface area (Å²) in [6, 6.07) is 2.21. The number of likely N-dealkylation sites (N-methyl/N-ethyl adjacent to an activating group) is 1. The van der Waals surface area contributed by atoms with E-state index in [1.165, 1.54) is 9.35 Å². The molecular formula is C14H20BrNOS. The Morgan fingerprint density at radius 3 is 2.78 bits per heavy atom. The number of halogens is 1. The molecule has 0 spiro atoms. The van der Waals surface area contributed by atoms with Gasteiger partial charge in [-0.3, -0.25) is 4.79 Å². The van der Waals surface area contributed by atoms with E-state index in [4.69, 9.17) is 0 Å². The minimum atomic E-state index is 0.456. The predicted octanol–water partition coefficient (Wildman–Crippen LogP) is 3.74. The zero-order valence-electron chi connectivity index (χ0n) is 10.8. The van der Waals surface area contributed by atoms with Crippen molar-refractivity contribution >= 4 is 33.0 Å². The lowest BCUT2D eigenvalue weighted by molar-refractivity contribution is -0.121. The maximum atomic E-state index is 11.2. The molecule has 0 saturated heterocycles. The first-order chi connectivity index (χ1) is 8.63. The Bertz CT molecular complexity index is 394. The Balaban J connectivity index is 1.68. The van der Waals surface area contributed by atoms with Crippen LogP contribution in [0.4, 0.5) is 0 Å². The van der Waals surface area contributed by atoms with E-state index in [9.17, 15) is 4.79 Å². The van der Waals surface area contributed by atoms with E-state index in [2.05, 4.69) is 39.3 Å². The number of carbonyl (C=O) groups excluding carboxylic acids is 1. The highest BCUT2D eigenvalue weighted by atomic mass is 79.9. The van der Waals surface area contributed by atoms with Gasteiger partial charge in [-0.05, 0) is 54.2 Å². The molecule has 0 bridgehead atoms. The largest absolute Gasteiger partial charge is 0.306 e. The Kier molecular flexibility index (Phi) is 5.39. The zero-order valence-corrected chi connectivity index (χ0v) is 13.2. The molecule has 1 fully saturated rings. The van der Waals surface area contributed by atoms with Crippen molar-refractivity contribution in [2.45, 2.75) is 32.1 Å². The van der Waals surface area contributed by atoms with E-state index in [-0.39, 0.29) is 0 Å². The third kappa shape index (κ3) is 4.48. The lowest BCUT2D eigenvalue weighted by Crippen LogP contribution is -2.30. The van der Waals surface area contributed by atoms with Gasteiger partial charge < -0.3 is 4.90 Å². The lowest BCUT2D eigenvalue weighted by Gasteiger charge is -2.26. The van der Waals surface area contributed by atoms with Crippen molar-refractivity contribution in [2.24, 2.45) is 5.92 Å². The number of hydrogen-bond acceptors (Lipinski definition) is 3. The molecule has 0 atom stereocenters. The first-order valence-corrected chi connectivity index (χ1v) is 8.24. The molecule has 2 rings (SSSR count). The molecule has 100 valence electrons. The quantitative estimate of drug-likeness (QED) is 0.820. The second kappa shape index (κ2) is 6.83. The molecule has 1 aromatic rings. The van der Waals surface area contributed by atoms with Gasteiger partial charge in [0.05, 0.1) is 0 Å². The van der Waals surface area contributed by atoms with Crippen LogP contribution in [0.25, 0.3) is 0 Å². The maximum absolute atomic E-state index is 11.2. The molecule has 0 aliphatic heterocycles. The van der Waals surface area contributed by atoms with Crippen molar-refractivity contribution < 1.29 is 4.79 Å². The average Bonchev–Trinajstić information content (AvgIpc) is 2.76. The molecule has 2 nitrogen and oxygen atoms in total. The topological polar surface area (TPSA) is 20.3 Å². The Morgan fingerprint density at radius 2 is 2.17 bits per heavy atom. The maximum Gasteiger partial charge on any atom is 0.132 e. The van der Waals surface area contributed by atoms with Crippen LogP contribution in [0.2, 0.25) is 0 Å². The summed E-state index contributed by atoms with van der Waals surface area (Å²) in [6.07, 6.45) is 4.91. The summed E-state index contributed by atoms with van der Waals surface area (Å²) in [5.41, 5.74) is 0. The van der Waals surface area contributed by atoms with Gasteiger partial charge in [0.25, 0.3) is 0 Å². The fourth-order valence-corrected chi connectivity index (χ4v) is 3.94. The van der Waals surface area contributed by atoms with Crippen LogP contribution in [0, 0.1) is 5.92 Å². The molecule has 0 N–H and O–H groups in total. The normalized spacial score (nSPS) is 17.6. The van der Waals surface area contributed by atoms with E-state index >= 15 is 0 Å². The fraction of sp³-hybridized carbons (Fsp3) is 0.643. The first kappa shape index (κ1) is 14.2. The zero-order chi connectivity index (χ0) is 13.0. The van der Waals surface area contributed by atoms with Gasteiger partial charge in [-0.2, -0.15) is 0 Å². The summed E-state index contributed by atoms with van der Waals surface area (Å²) in [7, 11) is 2.19. The van der Waals surface area contributed by atoms with Gasteiger partial charge in [-0.25, -0.2) is 0 Å². The number of hydrogen-bond donors (Lipinski definition) is 0. The van der Waals surface area contributed by atoms with Gasteiger partial charge in [0.2, 0.25) is 0 Å². The molecule has 0 radical (unpaired) electrons. The summed E-state index contributed by atoms with van der Waals surface area (Å²) < 4.78 is 1.19. The number of thiophene rings is 1. The SMILES string of the molecule is CN(CCc1cc(Br)cs1)CC1CCC(=O)CC1. The molecule has 1 aliphatic carbocycles. The smallest absolute Gasteiger partial charge is 0.132 e. The number of nitrogens with zero attached hydrogens (tertiary/aromatic N) is 1. The second-order valence-electron chi connectivity index (χ2n) is 5.23. The van der Waals surface area contributed by atoms with Crippen molar-refractivity contribution in [2.75, 3.05) is 20.1 Å². The van der Waals surface area contributed by atoms with Crippen LogP contribution in [0.3, 0.4) is 0 Å². The van der Waals surface area contributed by atoms with E-state index in [0.29, 0.717) is 5.78 Å². The van der Waals surface area contributed by atoms with Crippen molar-refractivity contribution in [1.29, 1.82) is 0 Å². The van der Waals surface area contributed by atoms with Crippen LogP contribution in [0.1, 0.15) is 30.6 Å². The van der Waals surface area contributed by atoms with Crippen LogP contribution in [-0.4, -0.2) is 30.8 Å². The van der Waals surface area contributed by atoms with E-state index in [1.54, 1.807) is 0 Å². The molecule has 0 amide bonds. The highest BCUT2D eigenvalue weighted by Gasteiger charge is 2.19. The summed E-state index contributed by atoms with van der Waals surface area (Å²) in [5.74, 6) is 1.18.